The van der Waals surface area contributed by atoms with Gasteiger partial charge >= 0.3 is 0 Å². The van der Waals surface area contributed by atoms with Crippen molar-refractivity contribution in [3.05, 3.63) is 77.4 Å². The first-order chi connectivity index (χ1) is 17.8. The van der Waals surface area contributed by atoms with Crippen molar-refractivity contribution in [2.24, 2.45) is 0 Å². The number of nitrogens with one attached hydrogen (secondary N) is 2. The molecule has 2 amide bonds. The van der Waals surface area contributed by atoms with Crippen LogP contribution < -0.4 is 10.6 Å². The summed E-state index contributed by atoms with van der Waals surface area (Å²) in [6.07, 6.45) is 7.16. The third-order valence-corrected chi connectivity index (χ3v) is 7.23. The number of benzene rings is 3. The predicted molar refractivity (Wildman–Crippen MR) is 147 cm³/mol. The van der Waals surface area contributed by atoms with Gasteiger partial charge in [-0.3, -0.25) is 9.59 Å². The third kappa shape index (κ3) is 6.13. The van der Waals surface area contributed by atoms with E-state index in [1.54, 1.807) is 6.07 Å². The van der Waals surface area contributed by atoms with Crippen LogP contribution in [0.3, 0.4) is 0 Å². The van der Waals surface area contributed by atoms with Crippen LogP contribution in [-0.4, -0.2) is 28.6 Å². The highest BCUT2D eigenvalue weighted by molar-refractivity contribution is 6.02. The molecule has 0 bridgehead atoms. The van der Waals surface area contributed by atoms with E-state index in [1.165, 1.54) is 31.4 Å². The first-order valence-corrected chi connectivity index (χ1v) is 13.2. The summed E-state index contributed by atoms with van der Waals surface area (Å²) in [7, 11) is 0. The van der Waals surface area contributed by atoms with Crippen LogP contribution in [-0.2, 0) is 10.2 Å². The van der Waals surface area contributed by atoms with Crippen molar-refractivity contribution in [3.8, 4) is 22.6 Å². The van der Waals surface area contributed by atoms with Crippen LogP contribution in [0.5, 0.6) is 11.5 Å². The maximum absolute atomic E-state index is 13.2. The number of aryl methyl sites for hydroxylation is 1. The maximum Gasteiger partial charge on any atom is 0.251 e. The van der Waals surface area contributed by atoms with E-state index >= 15 is 0 Å². The molecule has 0 aliphatic heterocycles. The van der Waals surface area contributed by atoms with Crippen molar-refractivity contribution < 1.29 is 19.8 Å². The number of aromatic hydroxyl groups is 2. The lowest BCUT2D eigenvalue weighted by atomic mass is 9.94. The Morgan fingerprint density at radius 1 is 0.865 bits per heavy atom. The number of hydrogen-bond acceptors (Lipinski definition) is 4. The number of phenolic OH excluding ortho intramolecular Hbond substituents is 2. The largest absolute Gasteiger partial charge is 0.504 e. The van der Waals surface area contributed by atoms with Gasteiger partial charge in [-0.1, -0.05) is 56.9 Å². The smallest absolute Gasteiger partial charge is 0.251 e. The summed E-state index contributed by atoms with van der Waals surface area (Å²) in [6, 6.07) is 17.9. The van der Waals surface area contributed by atoms with Crippen molar-refractivity contribution in [2.45, 2.75) is 64.2 Å². The van der Waals surface area contributed by atoms with Crippen molar-refractivity contribution in [3.63, 3.8) is 0 Å². The number of phenols is 2. The van der Waals surface area contributed by atoms with Gasteiger partial charge in [0.1, 0.15) is 0 Å². The molecule has 0 atom stereocenters. The Hall–Kier alpha value is -3.80. The van der Waals surface area contributed by atoms with Gasteiger partial charge in [0.05, 0.1) is 5.41 Å². The lowest BCUT2D eigenvalue weighted by Crippen LogP contribution is -2.27. The number of carbonyl (C=O) groups excluding carboxylic acids is 2. The second-order valence-electron chi connectivity index (χ2n) is 10.0. The molecule has 0 saturated heterocycles. The van der Waals surface area contributed by atoms with Gasteiger partial charge in [0.15, 0.2) is 11.5 Å². The summed E-state index contributed by atoms with van der Waals surface area (Å²) in [5, 5.41) is 25.5. The minimum absolute atomic E-state index is 0.0604. The Bertz CT molecular complexity index is 1260. The highest BCUT2D eigenvalue weighted by Crippen LogP contribution is 2.50. The molecule has 0 heterocycles. The molecule has 0 unspecified atom stereocenters. The fraction of sp³-hybridized carbons (Fsp3) is 0.355. The number of unbranched alkanes of at least 4 members (excludes halogenated alkanes) is 4. The minimum Gasteiger partial charge on any atom is -0.504 e. The molecular formula is C31H36N2O4. The van der Waals surface area contributed by atoms with Crippen LogP contribution in [0.2, 0.25) is 0 Å². The molecule has 194 valence electrons. The van der Waals surface area contributed by atoms with Gasteiger partial charge in [-0.15, -0.1) is 0 Å². The second-order valence-corrected chi connectivity index (χ2v) is 10.0. The summed E-state index contributed by atoms with van der Waals surface area (Å²) in [6.45, 7) is 4.90. The van der Waals surface area contributed by atoms with E-state index in [0.717, 1.165) is 29.5 Å². The van der Waals surface area contributed by atoms with Crippen LogP contribution in [0.15, 0.2) is 60.7 Å². The fourth-order valence-electron chi connectivity index (χ4n) is 4.69. The Balaban J connectivity index is 1.41. The van der Waals surface area contributed by atoms with E-state index in [4.69, 9.17) is 0 Å². The third-order valence-electron chi connectivity index (χ3n) is 7.23. The Morgan fingerprint density at radius 2 is 1.59 bits per heavy atom. The molecule has 1 aliphatic rings. The van der Waals surface area contributed by atoms with Crippen LogP contribution in [0, 0.1) is 6.92 Å². The zero-order chi connectivity index (χ0) is 26.4. The normalized spacial score (nSPS) is 13.7. The quantitative estimate of drug-likeness (QED) is 0.180. The average Bonchev–Trinajstić information content (AvgIpc) is 3.71. The molecule has 6 nitrogen and oxygen atoms in total. The number of carbonyl (C=O) groups is 2. The first-order valence-electron chi connectivity index (χ1n) is 13.2. The molecule has 0 spiro atoms. The van der Waals surface area contributed by atoms with Crippen molar-refractivity contribution in [1.29, 1.82) is 0 Å². The van der Waals surface area contributed by atoms with E-state index < -0.39 is 5.41 Å². The molecule has 37 heavy (non-hydrogen) atoms. The molecule has 4 rings (SSSR count). The summed E-state index contributed by atoms with van der Waals surface area (Å²) < 4.78 is 0. The summed E-state index contributed by atoms with van der Waals surface area (Å²) in [5.74, 6) is -0.615. The van der Waals surface area contributed by atoms with E-state index in [2.05, 4.69) is 17.6 Å². The van der Waals surface area contributed by atoms with Gasteiger partial charge < -0.3 is 20.8 Å². The highest BCUT2D eigenvalue weighted by atomic mass is 16.3. The van der Waals surface area contributed by atoms with Gasteiger partial charge in [0.25, 0.3) is 5.91 Å². The van der Waals surface area contributed by atoms with E-state index in [1.807, 2.05) is 49.4 Å². The monoisotopic (exact) mass is 500 g/mol. The van der Waals surface area contributed by atoms with E-state index in [-0.39, 0.29) is 23.3 Å². The first kappa shape index (κ1) is 26.3. The zero-order valence-electron chi connectivity index (χ0n) is 21.6. The van der Waals surface area contributed by atoms with E-state index in [9.17, 15) is 19.8 Å². The Labute approximate surface area is 218 Å². The van der Waals surface area contributed by atoms with E-state index in [0.29, 0.717) is 36.2 Å². The molecule has 3 aromatic carbocycles. The predicted octanol–water partition coefficient (Wildman–Crippen LogP) is 6.44. The Morgan fingerprint density at radius 3 is 2.27 bits per heavy atom. The summed E-state index contributed by atoms with van der Waals surface area (Å²) in [4.78, 5) is 25.7. The number of anilines is 1. The maximum atomic E-state index is 13.2. The Kier molecular flexibility index (Phi) is 8.17. The molecule has 0 radical (unpaired) electrons. The van der Waals surface area contributed by atoms with Gasteiger partial charge in [0.2, 0.25) is 5.91 Å². The fourth-order valence-corrected chi connectivity index (χ4v) is 4.69. The molecule has 1 aliphatic carbocycles. The molecule has 3 aromatic rings. The van der Waals surface area contributed by atoms with Gasteiger partial charge in [-0.05, 0) is 84.8 Å². The standard InChI is InChI=1S/C31H36N2O4/c1-3-4-5-6-7-18-32-29(36)23-11-9-22(10-12-23)26-20-25(14-8-21(26)2)33-30(37)31(16-17-31)24-13-15-27(34)28(35)19-24/h8-15,19-20,34-35H,3-7,16-18H2,1-2H3,(H,32,36)(H,33,37). The zero-order valence-corrected chi connectivity index (χ0v) is 21.6. The summed E-state index contributed by atoms with van der Waals surface area (Å²) >= 11 is 0. The molecule has 6 heteroatoms. The van der Waals surface area contributed by atoms with Crippen molar-refractivity contribution in [2.75, 3.05) is 11.9 Å². The lowest BCUT2D eigenvalue weighted by molar-refractivity contribution is -0.118. The summed E-state index contributed by atoms with van der Waals surface area (Å²) in [5.41, 5.74) is 4.33. The molecule has 0 aromatic heterocycles. The molecular weight excluding hydrogens is 464 g/mol. The molecule has 4 N–H and O–H groups in total. The molecule has 1 fully saturated rings. The SMILES string of the molecule is CCCCCCCNC(=O)c1ccc(-c2cc(NC(=O)C3(c4ccc(O)c(O)c4)CC3)ccc2C)cc1. The second kappa shape index (κ2) is 11.5. The van der Waals surface area contributed by atoms with Gasteiger partial charge in [-0.2, -0.15) is 0 Å². The van der Waals surface area contributed by atoms with Gasteiger partial charge in [-0.25, -0.2) is 0 Å². The van der Waals surface area contributed by atoms with Crippen LogP contribution >= 0.6 is 0 Å². The average molecular weight is 501 g/mol. The van der Waals surface area contributed by atoms with Crippen LogP contribution in [0.25, 0.3) is 11.1 Å². The number of amides is 2. The van der Waals surface area contributed by atoms with Crippen LogP contribution in [0.1, 0.15) is 73.4 Å². The number of hydrogen-bond donors (Lipinski definition) is 4. The molecule has 1 saturated carbocycles. The van der Waals surface area contributed by atoms with Gasteiger partial charge in [0, 0.05) is 17.8 Å². The highest BCUT2D eigenvalue weighted by Gasteiger charge is 2.51. The topological polar surface area (TPSA) is 98.7 Å². The van der Waals surface area contributed by atoms with Crippen molar-refractivity contribution >= 4 is 17.5 Å². The van der Waals surface area contributed by atoms with Crippen molar-refractivity contribution in [1.82, 2.24) is 5.32 Å². The lowest BCUT2D eigenvalue weighted by Gasteiger charge is -2.17. The minimum atomic E-state index is -0.693. The number of rotatable bonds is 11. The van der Waals surface area contributed by atoms with Crippen LogP contribution in [0.4, 0.5) is 5.69 Å².